The molecule has 1 aromatic rings. The van der Waals surface area contributed by atoms with Gasteiger partial charge in [-0.2, -0.15) is 5.10 Å². The van der Waals surface area contributed by atoms with Gasteiger partial charge in [-0.25, -0.2) is 0 Å². The zero-order valence-corrected chi connectivity index (χ0v) is 10.7. The lowest BCUT2D eigenvalue weighted by Gasteiger charge is -2.04. The third-order valence-corrected chi connectivity index (χ3v) is 2.31. The van der Waals surface area contributed by atoms with Crippen molar-refractivity contribution in [2.75, 3.05) is 20.3 Å². The van der Waals surface area contributed by atoms with E-state index < -0.39 is 0 Å². The maximum atomic E-state index is 11.4. The fourth-order valence-corrected chi connectivity index (χ4v) is 1.52. The molecule has 0 spiro atoms. The molecule has 1 N–H and O–H groups in total. The van der Waals surface area contributed by atoms with Gasteiger partial charge in [0, 0.05) is 26.5 Å². The first-order valence-electron chi connectivity index (χ1n) is 4.66. The Labute approximate surface area is 102 Å². The Kier molecular flexibility index (Phi) is 5.62. The van der Waals surface area contributed by atoms with Crippen molar-refractivity contribution in [1.29, 1.82) is 0 Å². The van der Waals surface area contributed by atoms with E-state index in [-0.39, 0.29) is 12.5 Å². The van der Waals surface area contributed by atoms with Crippen LogP contribution in [-0.2, 0) is 16.1 Å². The average molecular weight is 323 g/mol. The molecule has 1 aromatic heterocycles. The van der Waals surface area contributed by atoms with Crippen LogP contribution in [0.3, 0.4) is 0 Å². The highest BCUT2D eigenvalue weighted by Crippen LogP contribution is 2.00. The smallest absolute Gasteiger partial charge is 0.241 e. The second-order valence-corrected chi connectivity index (χ2v) is 4.30. The monoisotopic (exact) mass is 323 g/mol. The predicted octanol–water partition coefficient (Wildman–Crippen LogP) is 0.640. The molecule has 0 atom stereocenters. The molecule has 0 aliphatic heterocycles. The van der Waals surface area contributed by atoms with Crippen molar-refractivity contribution in [3.63, 3.8) is 0 Å². The highest BCUT2D eigenvalue weighted by atomic mass is 127. The van der Waals surface area contributed by atoms with E-state index in [0.29, 0.717) is 13.2 Å². The number of halogens is 1. The number of hydrogen-bond acceptors (Lipinski definition) is 3. The first-order chi connectivity index (χ1) is 7.22. The molecule has 0 saturated heterocycles. The summed E-state index contributed by atoms with van der Waals surface area (Å²) in [5.41, 5.74) is 0. The number of ether oxygens (including phenoxy) is 1. The Morgan fingerprint density at radius 3 is 3.13 bits per heavy atom. The minimum absolute atomic E-state index is 0.0226. The SMILES string of the molecule is COCCCNC(=O)Cn1cc(I)cn1. The van der Waals surface area contributed by atoms with Gasteiger partial charge in [-0.15, -0.1) is 0 Å². The van der Waals surface area contributed by atoms with Crippen LogP contribution in [0.5, 0.6) is 0 Å². The van der Waals surface area contributed by atoms with Crippen LogP contribution in [0, 0.1) is 3.57 Å². The Hall–Kier alpha value is -0.630. The molecule has 1 amide bonds. The molecule has 84 valence electrons. The van der Waals surface area contributed by atoms with Gasteiger partial charge in [0.25, 0.3) is 0 Å². The molecule has 15 heavy (non-hydrogen) atoms. The Morgan fingerprint density at radius 1 is 1.73 bits per heavy atom. The minimum Gasteiger partial charge on any atom is -0.385 e. The summed E-state index contributed by atoms with van der Waals surface area (Å²) in [4.78, 5) is 11.4. The van der Waals surface area contributed by atoms with Crippen molar-refractivity contribution in [3.05, 3.63) is 16.0 Å². The molecule has 6 heteroatoms. The van der Waals surface area contributed by atoms with Crippen molar-refractivity contribution >= 4 is 28.5 Å². The van der Waals surface area contributed by atoms with Gasteiger partial charge in [-0.05, 0) is 29.0 Å². The number of nitrogens with zero attached hydrogens (tertiary/aromatic N) is 2. The Morgan fingerprint density at radius 2 is 2.53 bits per heavy atom. The lowest BCUT2D eigenvalue weighted by atomic mass is 10.4. The van der Waals surface area contributed by atoms with E-state index >= 15 is 0 Å². The summed E-state index contributed by atoms with van der Waals surface area (Å²) in [5, 5.41) is 6.82. The van der Waals surface area contributed by atoms with Crippen LogP contribution >= 0.6 is 22.6 Å². The van der Waals surface area contributed by atoms with E-state index in [1.54, 1.807) is 18.0 Å². The number of nitrogens with one attached hydrogen (secondary N) is 1. The lowest BCUT2D eigenvalue weighted by Crippen LogP contribution is -2.29. The molecule has 0 aliphatic carbocycles. The topological polar surface area (TPSA) is 56.1 Å². The van der Waals surface area contributed by atoms with E-state index in [9.17, 15) is 4.79 Å². The third-order valence-electron chi connectivity index (χ3n) is 1.75. The molecule has 0 radical (unpaired) electrons. The lowest BCUT2D eigenvalue weighted by molar-refractivity contribution is -0.121. The second kappa shape index (κ2) is 6.78. The zero-order valence-electron chi connectivity index (χ0n) is 8.57. The van der Waals surface area contributed by atoms with Crippen molar-refractivity contribution in [2.45, 2.75) is 13.0 Å². The number of hydrogen-bond donors (Lipinski definition) is 1. The number of carbonyl (C=O) groups excluding carboxylic acids is 1. The summed E-state index contributed by atoms with van der Waals surface area (Å²) in [5.74, 6) is -0.0226. The molecule has 1 rings (SSSR count). The standard InChI is InChI=1S/C9H14IN3O2/c1-15-4-2-3-11-9(14)7-13-6-8(10)5-12-13/h5-6H,2-4,7H2,1H3,(H,11,14). The molecule has 0 aromatic carbocycles. The molecular weight excluding hydrogens is 309 g/mol. The van der Waals surface area contributed by atoms with Gasteiger partial charge in [-0.3, -0.25) is 9.48 Å². The Balaban J connectivity index is 2.18. The van der Waals surface area contributed by atoms with E-state index in [1.165, 1.54) is 0 Å². The summed E-state index contributed by atoms with van der Waals surface area (Å²) >= 11 is 2.16. The van der Waals surface area contributed by atoms with Gasteiger partial charge >= 0.3 is 0 Å². The van der Waals surface area contributed by atoms with E-state index in [0.717, 1.165) is 9.99 Å². The number of rotatable bonds is 6. The van der Waals surface area contributed by atoms with Crippen molar-refractivity contribution < 1.29 is 9.53 Å². The largest absolute Gasteiger partial charge is 0.385 e. The number of carbonyl (C=O) groups is 1. The van der Waals surface area contributed by atoms with Crippen LogP contribution < -0.4 is 5.32 Å². The molecular formula is C9H14IN3O2. The summed E-state index contributed by atoms with van der Waals surface area (Å²) in [6.07, 6.45) is 4.38. The number of aromatic nitrogens is 2. The van der Waals surface area contributed by atoms with Gasteiger partial charge in [0.1, 0.15) is 6.54 Å². The van der Waals surface area contributed by atoms with Crippen molar-refractivity contribution in [2.24, 2.45) is 0 Å². The highest BCUT2D eigenvalue weighted by molar-refractivity contribution is 14.1. The fraction of sp³-hybridized carbons (Fsp3) is 0.556. The van der Waals surface area contributed by atoms with Crippen LogP contribution in [0.4, 0.5) is 0 Å². The predicted molar refractivity (Wildman–Crippen MR) is 64.4 cm³/mol. The number of methoxy groups -OCH3 is 1. The van der Waals surface area contributed by atoms with Crippen LogP contribution in [0.1, 0.15) is 6.42 Å². The van der Waals surface area contributed by atoms with Gasteiger partial charge in [0.05, 0.1) is 9.77 Å². The normalized spacial score (nSPS) is 10.3. The van der Waals surface area contributed by atoms with E-state index in [4.69, 9.17) is 4.74 Å². The molecule has 5 nitrogen and oxygen atoms in total. The second-order valence-electron chi connectivity index (χ2n) is 3.05. The average Bonchev–Trinajstić information content (AvgIpc) is 2.59. The zero-order chi connectivity index (χ0) is 11.1. The molecule has 1 heterocycles. The minimum atomic E-state index is -0.0226. The van der Waals surface area contributed by atoms with Gasteiger partial charge in [0.15, 0.2) is 0 Å². The maximum absolute atomic E-state index is 11.4. The highest BCUT2D eigenvalue weighted by Gasteiger charge is 2.02. The van der Waals surface area contributed by atoms with E-state index in [2.05, 4.69) is 33.0 Å². The van der Waals surface area contributed by atoms with Crippen LogP contribution in [0.15, 0.2) is 12.4 Å². The molecule has 0 fully saturated rings. The van der Waals surface area contributed by atoms with Crippen molar-refractivity contribution in [1.82, 2.24) is 15.1 Å². The third kappa shape index (κ3) is 5.12. The number of amides is 1. The maximum Gasteiger partial charge on any atom is 0.241 e. The van der Waals surface area contributed by atoms with E-state index in [1.807, 2.05) is 6.20 Å². The molecule has 0 saturated carbocycles. The summed E-state index contributed by atoms with van der Waals surface area (Å²) < 4.78 is 7.52. The van der Waals surface area contributed by atoms with Crippen LogP contribution in [0.25, 0.3) is 0 Å². The summed E-state index contributed by atoms with van der Waals surface area (Å²) in [7, 11) is 1.65. The first-order valence-corrected chi connectivity index (χ1v) is 5.74. The summed E-state index contributed by atoms with van der Waals surface area (Å²) in [6, 6.07) is 0. The van der Waals surface area contributed by atoms with Crippen molar-refractivity contribution in [3.8, 4) is 0 Å². The van der Waals surface area contributed by atoms with Gasteiger partial charge < -0.3 is 10.1 Å². The van der Waals surface area contributed by atoms with Crippen LogP contribution in [0.2, 0.25) is 0 Å². The quantitative estimate of drug-likeness (QED) is 0.617. The molecule has 0 unspecified atom stereocenters. The fourth-order valence-electron chi connectivity index (χ4n) is 1.07. The molecule has 0 bridgehead atoms. The Bertz CT molecular complexity index is 314. The van der Waals surface area contributed by atoms with Gasteiger partial charge in [0.2, 0.25) is 5.91 Å². The molecule has 0 aliphatic rings. The first kappa shape index (κ1) is 12.4. The summed E-state index contributed by atoms with van der Waals surface area (Å²) in [6.45, 7) is 1.58. The van der Waals surface area contributed by atoms with Gasteiger partial charge in [-0.1, -0.05) is 0 Å². The van der Waals surface area contributed by atoms with Crippen LogP contribution in [-0.4, -0.2) is 35.9 Å².